The molecule has 2 saturated heterocycles. The van der Waals surface area contributed by atoms with E-state index < -0.39 is 0 Å². The van der Waals surface area contributed by atoms with Gasteiger partial charge in [0, 0.05) is 57.3 Å². The molecule has 1 N–H and O–H groups in total. The lowest BCUT2D eigenvalue weighted by Crippen LogP contribution is -2.55. The molecular weight excluding hydrogens is 364 g/mol. The van der Waals surface area contributed by atoms with Gasteiger partial charge in [-0.15, -0.1) is 0 Å². The normalized spacial score (nSPS) is 27.0. The lowest BCUT2D eigenvalue weighted by molar-refractivity contribution is -0.135. The molecule has 0 radical (unpaired) electrons. The van der Waals surface area contributed by atoms with Gasteiger partial charge >= 0.3 is 0 Å². The van der Waals surface area contributed by atoms with Crippen LogP contribution in [0.4, 0.5) is 0 Å². The van der Waals surface area contributed by atoms with Gasteiger partial charge in [0.2, 0.25) is 11.8 Å². The van der Waals surface area contributed by atoms with Crippen LogP contribution in [-0.4, -0.2) is 84.4 Å². The van der Waals surface area contributed by atoms with Crippen molar-refractivity contribution in [2.75, 3.05) is 45.8 Å². The second-order valence-corrected chi connectivity index (χ2v) is 9.89. The van der Waals surface area contributed by atoms with Crippen molar-refractivity contribution in [3.63, 3.8) is 0 Å². The van der Waals surface area contributed by atoms with Crippen LogP contribution >= 0.6 is 0 Å². The number of likely N-dealkylation sites (tertiary alicyclic amines) is 1. The molecule has 0 aromatic carbocycles. The summed E-state index contributed by atoms with van der Waals surface area (Å²) in [5.41, 5.74) is 0. The van der Waals surface area contributed by atoms with E-state index in [-0.39, 0.29) is 23.8 Å². The van der Waals surface area contributed by atoms with Crippen LogP contribution < -0.4 is 5.32 Å². The number of rotatable bonds is 6. The third-order valence-electron chi connectivity index (χ3n) is 8.07. The van der Waals surface area contributed by atoms with Crippen molar-refractivity contribution in [2.24, 2.45) is 11.8 Å². The van der Waals surface area contributed by atoms with Crippen LogP contribution in [0, 0.1) is 11.8 Å². The first kappa shape index (κ1) is 21.1. The van der Waals surface area contributed by atoms with Crippen LogP contribution in [-0.2, 0) is 9.59 Å². The number of carbonyl (C=O) groups excluding carboxylic acids is 2. The summed E-state index contributed by atoms with van der Waals surface area (Å²) >= 11 is 0. The van der Waals surface area contributed by atoms with Crippen LogP contribution in [0.3, 0.4) is 0 Å². The Labute approximate surface area is 176 Å². The van der Waals surface area contributed by atoms with Gasteiger partial charge in [-0.05, 0) is 44.4 Å². The number of carbonyl (C=O) groups is 2. The molecule has 2 aliphatic carbocycles. The van der Waals surface area contributed by atoms with E-state index in [9.17, 15) is 9.59 Å². The number of nitrogens with one attached hydrogen (secondary N) is 1. The van der Waals surface area contributed by atoms with Gasteiger partial charge in [-0.2, -0.15) is 0 Å². The number of nitrogens with zero attached hydrogens (tertiary/aromatic N) is 3. The minimum Gasteiger partial charge on any atom is -0.353 e. The summed E-state index contributed by atoms with van der Waals surface area (Å²) in [5, 5.41) is 3.29. The highest BCUT2D eigenvalue weighted by molar-refractivity contribution is 5.79. The molecule has 4 aliphatic rings. The fourth-order valence-electron chi connectivity index (χ4n) is 5.62. The van der Waals surface area contributed by atoms with Gasteiger partial charge in [0.1, 0.15) is 0 Å². The molecule has 6 heteroatoms. The van der Waals surface area contributed by atoms with Crippen molar-refractivity contribution in [3.05, 3.63) is 0 Å². The maximum atomic E-state index is 12.7. The Hall–Kier alpha value is -1.14. The summed E-state index contributed by atoms with van der Waals surface area (Å²) in [5.74, 6) is 1.26. The van der Waals surface area contributed by atoms with Crippen LogP contribution in [0.5, 0.6) is 0 Å². The van der Waals surface area contributed by atoms with Gasteiger partial charge in [-0.3, -0.25) is 19.4 Å². The topological polar surface area (TPSA) is 55.9 Å². The monoisotopic (exact) mass is 404 g/mol. The van der Waals surface area contributed by atoms with Crippen molar-refractivity contribution < 1.29 is 9.59 Å². The number of hydrogen-bond acceptors (Lipinski definition) is 4. The summed E-state index contributed by atoms with van der Waals surface area (Å²) in [7, 11) is 0. The van der Waals surface area contributed by atoms with Crippen molar-refractivity contribution >= 4 is 11.8 Å². The molecule has 2 aliphatic heterocycles. The highest BCUT2D eigenvalue weighted by Crippen LogP contribution is 2.31. The Morgan fingerprint density at radius 1 is 0.862 bits per heavy atom. The number of hydrogen-bond donors (Lipinski definition) is 1. The second kappa shape index (κ2) is 9.78. The summed E-state index contributed by atoms with van der Waals surface area (Å²) in [6.45, 7) is 8.34. The van der Waals surface area contributed by atoms with Crippen molar-refractivity contribution in [2.45, 2.75) is 76.8 Å². The average Bonchev–Trinajstić information content (AvgIpc) is 3.23. The summed E-state index contributed by atoms with van der Waals surface area (Å²) in [6.07, 6.45) is 11.0. The molecule has 2 amide bonds. The van der Waals surface area contributed by atoms with Gasteiger partial charge in [0.05, 0.1) is 6.54 Å². The maximum Gasteiger partial charge on any atom is 0.236 e. The van der Waals surface area contributed by atoms with Gasteiger partial charge in [0.15, 0.2) is 0 Å². The predicted octanol–water partition coefficient (Wildman–Crippen LogP) is 2.09. The van der Waals surface area contributed by atoms with Crippen molar-refractivity contribution in [3.8, 4) is 0 Å². The predicted molar refractivity (Wildman–Crippen MR) is 115 cm³/mol. The Kier molecular flexibility index (Phi) is 7.12. The van der Waals surface area contributed by atoms with E-state index >= 15 is 0 Å². The van der Waals surface area contributed by atoms with E-state index in [0.717, 1.165) is 58.2 Å². The highest BCUT2D eigenvalue weighted by atomic mass is 16.2. The molecule has 6 nitrogen and oxygen atoms in total. The molecule has 1 unspecified atom stereocenters. The minimum absolute atomic E-state index is 0.149. The van der Waals surface area contributed by atoms with E-state index in [1.807, 2.05) is 0 Å². The molecule has 0 aromatic heterocycles. The van der Waals surface area contributed by atoms with Crippen LogP contribution in [0.2, 0.25) is 0 Å². The molecule has 164 valence electrons. The summed E-state index contributed by atoms with van der Waals surface area (Å²) in [6, 6.07) is 1.07. The minimum atomic E-state index is 0.149. The molecule has 2 saturated carbocycles. The molecule has 4 fully saturated rings. The number of amides is 2. The molecule has 0 bridgehead atoms. The van der Waals surface area contributed by atoms with E-state index in [4.69, 9.17) is 0 Å². The average molecular weight is 405 g/mol. The third kappa shape index (κ3) is 5.32. The molecule has 29 heavy (non-hydrogen) atoms. The second-order valence-electron chi connectivity index (χ2n) is 9.89. The Morgan fingerprint density at radius 3 is 2.10 bits per heavy atom. The lowest BCUT2D eigenvalue weighted by atomic mass is 9.91. The lowest BCUT2D eigenvalue weighted by Gasteiger charge is -2.43. The Morgan fingerprint density at radius 2 is 1.52 bits per heavy atom. The first-order valence-electron chi connectivity index (χ1n) is 12.1. The Balaban J connectivity index is 1.13. The van der Waals surface area contributed by atoms with Crippen molar-refractivity contribution in [1.29, 1.82) is 0 Å². The largest absolute Gasteiger partial charge is 0.353 e. The first-order chi connectivity index (χ1) is 14.1. The van der Waals surface area contributed by atoms with E-state index in [1.54, 1.807) is 0 Å². The summed E-state index contributed by atoms with van der Waals surface area (Å²) in [4.78, 5) is 32.2. The van der Waals surface area contributed by atoms with Crippen LogP contribution in [0.1, 0.15) is 64.7 Å². The Bertz CT molecular complexity index is 557. The van der Waals surface area contributed by atoms with E-state index in [0.29, 0.717) is 12.5 Å². The summed E-state index contributed by atoms with van der Waals surface area (Å²) < 4.78 is 0. The molecule has 4 rings (SSSR count). The zero-order valence-corrected chi connectivity index (χ0v) is 18.3. The maximum absolute atomic E-state index is 12.7. The zero-order chi connectivity index (χ0) is 20.2. The quantitative estimate of drug-likeness (QED) is 0.737. The highest BCUT2D eigenvalue weighted by Gasteiger charge is 2.31. The fourth-order valence-corrected chi connectivity index (χ4v) is 5.62. The number of piperazine rings is 1. The SMILES string of the molecule is CC(C(=O)NC1CCN(CC(=O)N2CCN(C3CCC3)CC2)CC1)C1CCCC1. The molecule has 2 heterocycles. The van der Waals surface area contributed by atoms with E-state index in [1.165, 1.54) is 44.9 Å². The van der Waals surface area contributed by atoms with Gasteiger partial charge < -0.3 is 10.2 Å². The van der Waals surface area contributed by atoms with Crippen LogP contribution in [0.15, 0.2) is 0 Å². The van der Waals surface area contributed by atoms with Gasteiger partial charge in [-0.25, -0.2) is 0 Å². The molecule has 0 spiro atoms. The van der Waals surface area contributed by atoms with Gasteiger partial charge in [-0.1, -0.05) is 26.2 Å². The van der Waals surface area contributed by atoms with Crippen LogP contribution in [0.25, 0.3) is 0 Å². The molecule has 0 aromatic rings. The van der Waals surface area contributed by atoms with Crippen molar-refractivity contribution in [1.82, 2.24) is 20.0 Å². The fraction of sp³-hybridized carbons (Fsp3) is 0.913. The van der Waals surface area contributed by atoms with Gasteiger partial charge in [0.25, 0.3) is 0 Å². The first-order valence-corrected chi connectivity index (χ1v) is 12.1. The van der Waals surface area contributed by atoms with E-state index in [2.05, 4.69) is 26.9 Å². The zero-order valence-electron chi connectivity index (χ0n) is 18.3. The smallest absolute Gasteiger partial charge is 0.236 e. The standard InChI is InChI=1S/C23H40N4O2/c1-18(19-5-2-3-6-19)23(29)24-20-9-11-25(12-10-20)17-22(28)27-15-13-26(14-16-27)21-7-4-8-21/h18-21H,2-17H2,1H3,(H,24,29). The molecule has 1 atom stereocenters. The molecular formula is C23H40N4O2. The number of piperidine rings is 1. The third-order valence-corrected chi connectivity index (χ3v) is 8.07.